The zero-order chi connectivity index (χ0) is 22.7. The lowest BCUT2D eigenvalue weighted by Crippen LogP contribution is -2.45. The zero-order valence-electron chi connectivity index (χ0n) is 19.0. The van der Waals surface area contributed by atoms with Gasteiger partial charge in [0.1, 0.15) is 5.69 Å². The number of methoxy groups -OCH3 is 1. The molecule has 2 amide bonds. The van der Waals surface area contributed by atoms with Gasteiger partial charge in [0.05, 0.1) is 13.2 Å². The number of Topliss-reactive ketones (excluding diaryl/α,β-unsaturated/α-hetero) is 1. The maximum Gasteiger partial charge on any atom is 0.354 e. The van der Waals surface area contributed by atoms with Crippen LogP contribution in [0.5, 0.6) is 0 Å². The Kier molecular flexibility index (Phi) is 7.08. The fourth-order valence-electron chi connectivity index (χ4n) is 3.68. The van der Waals surface area contributed by atoms with Crippen LogP contribution in [-0.4, -0.2) is 46.9 Å². The van der Waals surface area contributed by atoms with E-state index in [0.717, 1.165) is 11.1 Å². The van der Waals surface area contributed by atoms with Gasteiger partial charge in [-0.05, 0) is 70.4 Å². The van der Waals surface area contributed by atoms with Gasteiger partial charge in [0.2, 0.25) is 0 Å². The molecule has 7 heteroatoms. The number of carbonyl (C=O) groups excluding carboxylic acids is 3. The van der Waals surface area contributed by atoms with Gasteiger partial charge in [-0.1, -0.05) is 6.07 Å². The molecule has 0 aliphatic carbocycles. The Morgan fingerprint density at radius 3 is 2.30 bits per heavy atom. The van der Waals surface area contributed by atoms with Crippen LogP contribution in [0.3, 0.4) is 0 Å². The van der Waals surface area contributed by atoms with Crippen molar-refractivity contribution in [1.29, 1.82) is 0 Å². The van der Waals surface area contributed by atoms with Crippen LogP contribution in [0.1, 0.15) is 57.1 Å². The second-order valence-corrected chi connectivity index (χ2v) is 7.54. The van der Waals surface area contributed by atoms with Crippen LogP contribution in [0.15, 0.2) is 18.2 Å². The van der Waals surface area contributed by atoms with Gasteiger partial charge in [-0.25, -0.2) is 9.59 Å². The van der Waals surface area contributed by atoms with Crippen molar-refractivity contribution in [2.45, 2.75) is 47.6 Å². The van der Waals surface area contributed by atoms with E-state index >= 15 is 0 Å². The number of nitrogens with zero attached hydrogens (tertiary/aromatic N) is 2. The van der Waals surface area contributed by atoms with Crippen molar-refractivity contribution in [2.24, 2.45) is 7.05 Å². The number of carbonyl (C=O) groups is 3. The highest BCUT2D eigenvalue weighted by molar-refractivity contribution is 6.07. The normalized spacial score (nSPS) is 11.7. The highest BCUT2D eigenvalue weighted by atomic mass is 16.5. The molecule has 0 bridgehead atoms. The quantitative estimate of drug-likeness (QED) is 0.569. The summed E-state index contributed by atoms with van der Waals surface area (Å²) in [5.41, 5.74) is 4.91. The van der Waals surface area contributed by atoms with Crippen LogP contribution in [0.2, 0.25) is 0 Å². The van der Waals surface area contributed by atoms with Gasteiger partial charge in [-0.15, -0.1) is 0 Å². The number of aryl methyl sites for hydroxylation is 2. The van der Waals surface area contributed by atoms with E-state index in [0.29, 0.717) is 34.7 Å². The number of anilines is 1. The molecule has 0 fully saturated rings. The van der Waals surface area contributed by atoms with Crippen molar-refractivity contribution < 1.29 is 19.1 Å². The zero-order valence-corrected chi connectivity index (χ0v) is 19.0. The largest absolute Gasteiger partial charge is 0.464 e. The van der Waals surface area contributed by atoms with E-state index in [1.54, 1.807) is 32.4 Å². The van der Waals surface area contributed by atoms with Crippen LogP contribution >= 0.6 is 0 Å². The molecule has 0 aliphatic heterocycles. The van der Waals surface area contributed by atoms with Gasteiger partial charge in [0.25, 0.3) is 0 Å². The maximum atomic E-state index is 13.3. The number of aromatic nitrogens is 1. The highest BCUT2D eigenvalue weighted by Gasteiger charge is 2.31. The average molecular weight is 414 g/mol. The van der Waals surface area contributed by atoms with E-state index in [1.165, 1.54) is 12.0 Å². The van der Waals surface area contributed by atoms with Crippen LogP contribution < -0.4 is 5.32 Å². The first-order valence-electron chi connectivity index (χ1n) is 9.98. The van der Waals surface area contributed by atoms with E-state index in [9.17, 15) is 14.4 Å². The Morgan fingerprint density at radius 1 is 1.13 bits per heavy atom. The number of urea groups is 1. The second-order valence-electron chi connectivity index (χ2n) is 7.54. The van der Waals surface area contributed by atoms with E-state index in [4.69, 9.17) is 4.74 Å². The number of hydrogen-bond donors (Lipinski definition) is 1. The first kappa shape index (κ1) is 23.2. The summed E-state index contributed by atoms with van der Waals surface area (Å²) in [7, 11) is 3.03. The van der Waals surface area contributed by atoms with Crippen LogP contribution in [0, 0.1) is 27.7 Å². The molecule has 1 heterocycles. The van der Waals surface area contributed by atoms with Gasteiger partial charge in [-0.2, -0.15) is 0 Å². The van der Waals surface area contributed by atoms with Crippen molar-refractivity contribution in [1.82, 2.24) is 9.47 Å². The molecule has 1 atom stereocenters. The van der Waals surface area contributed by atoms with Crippen molar-refractivity contribution in [3.05, 3.63) is 51.8 Å². The van der Waals surface area contributed by atoms with Crippen molar-refractivity contribution >= 4 is 23.5 Å². The molecule has 0 saturated heterocycles. The predicted octanol–water partition coefficient (Wildman–Crippen LogP) is 4.17. The number of hydrogen-bond acceptors (Lipinski definition) is 4. The molecule has 162 valence electrons. The maximum absolute atomic E-state index is 13.3. The summed E-state index contributed by atoms with van der Waals surface area (Å²) in [6.07, 6.45) is 0. The van der Waals surface area contributed by atoms with Crippen LogP contribution in [-0.2, 0) is 11.8 Å². The van der Waals surface area contributed by atoms with Crippen LogP contribution in [0.25, 0.3) is 0 Å². The van der Waals surface area contributed by atoms with Crippen molar-refractivity contribution in [3.63, 3.8) is 0 Å². The number of ketones is 1. The predicted molar refractivity (Wildman–Crippen MR) is 117 cm³/mol. The third kappa shape index (κ3) is 4.25. The summed E-state index contributed by atoms with van der Waals surface area (Å²) in [6, 6.07) is 4.64. The standard InChI is InChI=1S/C23H31N3O4/c1-9-26(23(29)24-18-11-10-13(2)14(3)12-18)17(6)21(27)19-15(4)20(22(28)30-8)25(7)16(19)5/h10-12,17H,9H2,1-8H3,(H,24,29). The summed E-state index contributed by atoms with van der Waals surface area (Å²) in [5.74, 6) is -0.711. The Bertz CT molecular complexity index is 991. The molecule has 2 rings (SSSR count). The lowest BCUT2D eigenvalue weighted by Gasteiger charge is -2.27. The fourth-order valence-corrected chi connectivity index (χ4v) is 3.68. The van der Waals surface area contributed by atoms with Gasteiger partial charge >= 0.3 is 12.0 Å². The molecular formula is C23H31N3O4. The first-order valence-corrected chi connectivity index (χ1v) is 9.98. The summed E-state index contributed by atoms with van der Waals surface area (Å²) >= 11 is 0. The Balaban J connectivity index is 2.32. The molecule has 7 nitrogen and oxygen atoms in total. The fraction of sp³-hybridized carbons (Fsp3) is 0.435. The smallest absolute Gasteiger partial charge is 0.354 e. The van der Waals surface area contributed by atoms with Crippen LogP contribution in [0.4, 0.5) is 10.5 Å². The second kappa shape index (κ2) is 9.15. The van der Waals surface area contributed by atoms with E-state index < -0.39 is 12.0 Å². The van der Waals surface area contributed by atoms with E-state index in [1.807, 2.05) is 39.0 Å². The third-order valence-electron chi connectivity index (χ3n) is 5.76. The minimum atomic E-state index is -0.702. The molecule has 0 aliphatic rings. The van der Waals surface area contributed by atoms with Gasteiger partial charge in [-0.3, -0.25) is 4.79 Å². The number of nitrogens with one attached hydrogen (secondary N) is 1. The summed E-state index contributed by atoms with van der Waals surface area (Å²) in [4.78, 5) is 39.9. The lowest BCUT2D eigenvalue weighted by atomic mass is 10.00. The Labute approximate surface area is 178 Å². The number of rotatable bonds is 6. The lowest BCUT2D eigenvalue weighted by molar-refractivity contribution is 0.0588. The number of likely N-dealkylation sites (N-methyl/N-ethyl adjacent to an activating group) is 1. The Hall–Kier alpha value is -3.09. The SMILES string of the molecule is CCN(C(=O)Nc1ccc(C)c(C)c1)C(C)C(=O)c1c(C)c(C(=O)OC)n(C)c1C. The molecule has 1 unspecified atom stereocenters. The van der Waals surface area contributed by atoms with Gasteiger partial charge in [0, 0.05) is 30.5 Å². The molecule has 0 radical (unpaired) electrons. The first-order chi connectivity index (χ1) is 14.0. The monoisotopic (exact) mass is 413 g/mol. The topological polar surface area (TPSA) is 80.6 Å². The van der Waals surface area contributed by atoms with Gasteiger partial charge in [0.15, 0.2) is 5.78 Å². The Morgan fingerprint density at radius 2 is 1.77 bits per heavy atom. The summed E-state index contributed by atoms with van der Waals surface area (Å²) in [5, 5.41) is 2.88. The minimum absolute atomic E-state index is 0.215. The van der Waals surface area contributed by atoms with E-state index in [2.05, 4.69) is 5.32 Å². The molecule has 0 saturated carbocycles. The minimum Gasteiger partial charge on any atom is -0.464 e. The molecule has 1 N–H and O–H groups in total. The van der Waals surface area contributed by atoms with Crippen molar-refractivity contribution in [3.8, 4) is 0 Å². The van der Waals surface area contributed by atoms with Gasteiger partial charge < -0.3 is 19.5 Å². The highest BCUT2D eigenvalue weighted by Crippen LogP contribution is 2.25. The molecule has 1 aromatic heterocycles. The summed E-state index contributed by atoms with van der Waals surface area (Å²) in [6.45, 7) is 11.4. The molecule has 30 heavy (non-hydrogen) atoms. The third-order valence-corrected chi connectivity index (χ3v) is 5.76. The molecule has 1 aromatic carbocycles. The number of benzene rings is 1. The molecule has 2 aromatic rings. The van der Waals surface area contributed by atoms with Crippen molar-refractivity contribution in [2.75, 3.05) is 19.0 Å². The summed E-state index contributed by atoms with van der Waals surface area (Å²) < 4.78 is 6.51. The molecular weight excluding hydrogens is 382 g/mol. The number of amides is 2. The van der Waals surface area contributed by atoms with E-state index in [-0.39, 0.29) is 11.8 Å². The molecule has 0 spiro atoms. The number of ether oxygens (including phenoxy) is 1. The average Bonchev–Trinajstić information content (AvgIpc) is 2.92. The number of esters is 1.